The number of hydrogen-bond acceptors (Lipinski definition) is 0. The van der Waals surface area contributed by atoms with Crippen LogP contribution in [0.5, 0.6) is 0 Å². The normalized spacial score (nSPS) is 23.9. The molecule has 0 N–H and O–H groups in total. The quantitative estimate of drug-likeness (QED) is 0.0683. The number of allylic oxidation sites excluding steroid dienone is 8. The molecule has 4 unspecified atom stereocenters. The van der Waals surface area contributed by atoms with Gasteiger partial charge in [-0.2, -0.15) is 0 Å². The van der Waals surface area contributed by atoms with Crippen molar-refractivity contribution in [3.8, 4) is 0 Å². The monoisotopic (exact) mass is 1480 g/mol. The van der Waals surface area contributed by atoms with Gasteiger partial charge in [0.1, 0.15) is 0 Å². The van der Waals surface area contributed by atoms with Crippen molar-refractivity contribution in [1.29, 1.82) is 0 Å². The number of benzene rings is 8. The Morgan fingerprint density at radius 3 is 0.429 bits per heavy atom. The summed E-state index contributed by atoms with van der Waals surface area (Å²) in [6, 6.07) is 89.1. The molecule has 0 saturated heterocycles. The molecule has 0 spiro atoms. The summed E-state index contributed by atoms with van der Waals surface area (Å²) in [4.78, 5) is 0. The molecular formula is C96H112N4Si4Ti. The first-order chi connectivity index (χ1) is 49.8. The van der Waals surface area contributed by atoms with E-state index in [0.29, 0.717) is 0 Å². The fourth-order valence-corrected chi connectivity index (χ4v) is 34.2. The average Bonchev–Trinajstić information content (AvgIpc) is 1.59. The summed E-state index contributed by atoms with van der Waals surface area (Å²) in [6.07, 6.45) is 19.3. The van der Waals surface area contributed by atoms with Crippen LogP contribution in [0.25, 0.3) is 21.3 Å². The molecule has 4 saturated carbocycles. The molecule has 105 heavy (non-hydrogen) atoms. The van der Waals surface area contributed by atoms with Crippen molar-refractivity contribution in [1.82, 2.24) is 0 Å². The Balaban J connectivity index is 0.000000131. The molecule has 0 radical (unpaired) electrons. The van der Waals surface area contributed by atoms with Gasteiger partial charge in [0, 0.05) is 0 Å². The van der Waals surface area contributed by atoms with E-state index in [1.807, 2.05) is 0 Å². The van der Waals surface area contributed by atoms with Crippen molar-refractivity contribution in [2.24, 2.45) is 0 Å². The predicted molar refractivity (Wildman–Crippen MR) is 461 cm³/mol. The predicted octanol–water partition coefficient (Wildman–Crippen LogP) is 18.1. The first-order valence-electron chi connectivity index (χ1n) is 38.7. The van der Waals surface area contributed by atoms with E-state index in [0.717, 1.165) is 0 Å². The van der Waals surface area contributed by atoms with Gasteiger partial charge in [-0.15, -0.1) is 20.6 Å². The molecule has 0 heterocycles. The minimum atomic E-state index is -1.43. The Bertz CT molecular complexity index is 3890. The molecule has 9 heteroatoms. The third-order valence-electron chi connectivity index (χ3n) is 25.7. The molecule has 8 aliphatic rings. The summed E-state index contributed by atoms with van der Waals surface area (Å²) < 4.78 is 0. The smallest absolute Gasteiger partial charge is 0.647 e. The van der Waals surface area contributed by atoms with Gasteiger partial charge in [-0.05, 0) is 83.1 Å². The Kier molecular flexibility index (Phi) is 23.2. The summed E-state index contributed by atoms with van der Waals surface area (Å²) in [5, 5.41) is 35.1. The van der Waals surface area contributed by atoms with Gasteiger partial charge in [0.2, 0.25) is 0 Å². The van der Waals surface area contributed by atoms with Gasteiger partial charge < -0.3 is 21.3 Å². The van der Waals surface area contributed by atoms with Gasteiger partial charge in [-0.25, -0.2) is 0 Å². The fourth-order valence-electron chi connectivity index (χ4n) is 18.4. The topological polar surface area (TPSA) is 56.4 Å². The average molecular weight is 1480 g/mol. The van der Waals surface area contributed by atoms with E-state index in [4.69, 9.17) is 21.3 Å². The van der Waals surface area contributed by atoms with Crippen LogP contribution in [0.15, 0.2) is 334 Å². The van der Waals surface area contributed by atoms with E-state index in [1.54, 1.807) is 0 Å². The van der Waals surface area contributed by atoms with Crippen molar-refractivity contribution < 1.29 is 21.7 Å². The molecule has 0 aromatic heterocycles. The Labute approximate surface area is 653 Å². The van der Waals surface area contributed by atoms with E-state index in [1.165, 1.54) is 160 Å². The Morgan fingerprint density at radius 1 is 0.210 bits per heavy atom. The molecule has 536 valence electrons. The fraction of sp³-hybridized carbons (Fsp3) is 0.333. The molecule has 4 fully saturated rings. The molecule has 8 aliphatic carbocycles. The third kappa shape index (κ3) is 16.2. The van der Waals surface area contributed by atoms with E-state index in [9.17, 15) is 0 Å². The summed E-state index contributed by atoms with van der Waals surface area (Å²) in [5.74, 6) is 0. The Morgan fingerprint density at radius 2 is 0.333 bits per heavy atom. The van der Waals surface area contributed by atoms with Crippen LogP contribution in [0, 0.1) is 0 Å². The summed E-state index contributed by atoms with van der Waals surface area (Å²) in [5.41, 5.74) is 16.4. The van der Waals surface area contributed by atoms with Gasteiger partial charge in [-0.3, -0.25) is 0 Å². The van der Waals surface area contributed by atoms with Crippen molar-refractivity contribution in [2.75, 3.05) is 0 Å². The third-order valence-corrected chi connectivity index (χ3v) is 41.3. The van der Waals surface area contributed by atoms with Gasteiger partial charge in [-0.1, -0.05) is 477 Å². The van der Waals surface area contributed by atoms with Crippen molar-refractivity contribution in [3.05, 3.63) is 355 Å². The van der Waals surface area contributed by atoms with Crippen molar-refractivity contribution in [3.63, 3.8) is 0 Å². The van der Waals surface area contributed by atoms with Crippen LogP contribution in [0.3, 0.4) is 0 Å². The molecule has 16 rings (SSSR count). The van der Waals surface area contributed by atoms with Gasteiger partial charge >= 0.3 is 21.7 Å². The second-order valence-electron chi connectivity index (χ2n) is 32.8. The minimum Gasteiger partial charge on any atom is -0.647 e. The number of hydrogen-bond donors (Lipinski definition) is 0. The SMILES string of the molecule is CC1=CC(C)([N-]C2([SiH](c3ccccc3)c3ccccc3)CC2)C(C)=C1C.CC1=CC(C)([N-]C2([SiH](c3ccccc3)c3ccccc3)CC2)C(C)=C1C.CC1=CC(C)([N-]C2([SiH](c3ccccc3)c3ccccc3)CC2)C(C)=C1C.CC1=CC(C)([N-]C2([SiH](c3ccccc3)c3ccccc3)CC2)C(C)=C1C.[Ti+4]. The second-order valence-corrected chi connectivity index (χ2v) is 45.9. The molecule has 8 aromatic rings. The molecular weight excluding hydrogens is 1370 g/mol. The van der Waals surface area contributed by atoms with E-state index in [2.05, 4.69) is 378 Å². The molecule has 8 aromatic carbocycles. The van der Waals surface area contributed by atoms with Crippen LogP contribution in [-0.2, 0) is 21.7 Å². The minimum absolute atomic E-state index is 0. The van der Waals surface area contributed by atoms with Crippen molar-refractivity contribution >= 4 is 76.7 Å². The maximum Gasteiger partial charge on any atom is 4.00 e. The van der Waals surface area contributed by atoms with Crippen LogP contribution in [-0.4, -0.2) is 78.0 Å². The number of rotatable bonds is 20. The maximum atomic E-state index is 5.61. The van der Waals surface area contributed by atoms with E-state index >= 15 is 0 Å². The first-order valence-corrected chi connectivity index (χ1v) is 45.6. The second kappa shape index (κ2) is 31.4. The van der Waals surface area contributed by atoms with E-state index in [-0.39, 0.29) is 64.5 Å². The zero-order valence-electron chi connectivity index (χ0n) is 65.7. The summed E-state index contributed by atoms with van der Waals surface area (Å²) in [6.45, 7) is 36.2. The Hall–Kier alpha value is -6.90. The molecule has 4 nitrogen and oxygen atoms in total. The van der Waals surface area contributed by atoms with E-state index < -0.39 is 35.2 Å². The molecule has 4 atom stereocenters. The maximum absolute atomic E-state index is 5.61. The largest absolute Gasteiger partial charge is 4.00 e. The van der Waals surface area contributed by atoms with Gasteiger partial charge in [0.15, 0.2) is 0 Å². The molecule has 0 bridgehead atoms. The van der Waals surface area contributed by atoms with Crippen LogP contribution in [0.1, 0.15) is 162 Å². The molecule has 0 amide bonds. The van der Waals surface area contributed by atoms with Crippen LogP contribution < -0.4 is 41.5 Å². The first kappa shape index (κ1) is 77.7. The van der Waals surface area contributed by atoms with Crippen LogP contribution in [0.2, 0.25) is 0 Å². The molecule has 0 aliphatic heterocycles. The van der Waals surface area contributed by atoms with Crippen molar-refractivity contribution in [2.45, 2.75) is 205 Å². The zero-order chi connectivity index (χ0) is 73.5. The van der Waals surface area contributed by atoms with Crippen LogP contribution in [0.4, 0.5) is 0 Å². The zero-order valence-corrected chi connectivity index (χ0v) is 71.8. The summed E-state index contributed by atoms with van der Waals surface area (Å²) in [7, 11) is -5.74. The standard InChI is InChI=1S/4C24H28NSi.Ti/c4*1-18-17-23(4,20(3)19(18)2)25-24(15-16-24)26(21-11-7-5-8-12-21)22-13-9-6-10-14-22;/h4*5-14,17,26H,15-16H2,1-4H3;/q4*-1;+4. The van der Waals surface area contributed by atoms with Gasteiger partial charge in [0.05, 0.1) is 35.2 Å². The van der Waals surface area contributed by atoms with Crippen LogP contribution >= 0.6 is 0 Å². The number of nitrogens with zero attached hydrogens (tertiary/aromatic N) is 4. The van der Waals surface area contributed by atoms with Gasteiger partial charge in [0.25, 0.3) is 0 Å². The summed E-state index contributed by atoms with van der Waals surface area (Å²) >= 11 is 0.